The highest BCUT2D eigenvalue weighted by molar-refractivity contribution is 5.67. The van der Waals surface area contributed by atoms with Crippen LogP contribution in [0, 0.1) is 15.5 Å². The van der Waals surface area contributed by atoms with E-state index in [9.17, 15) is 0 Å². The summed E-state index contributed by atoms with van der Waals surface area (Å²) < 4.78 is 4.11. The maximum Gasteiger partial charge on any atom is 0.291 e. The highest BCUT2D eigenvalue weighted by Crippen LogP contribution is 1.50. The van der Waals surface area contributed by atoms with Crippen LogP contribution in [0.2, 0.25) is 0 Å². The Bertz CT molecular complexity index is 98.0. The van der Waals surface area contributed by atoms with Gasteiger partial charge in [0.25, 0.3) is 11.1 Å². The number of nitrogens with zero attached hydrogens (tertiary/aromatic N) is 1. The molecule has 0 aliphatic carbocycles. The Morgan fingerprint density at radius 2 is 2.11 bits per heavy atom. The molecule has 0 aromatic rings. The number of nitrogens with two attached hydrogens (primary N) is 1. The molecule has 0 radical (unpaired) electrons. The van der Waals surface area contributed by atoms with Crippen LogP contribution in [0.15, 0.2) is 0 Å². The summed E-state index contributed by atoms with van der Waals surface area (Å²) in [4.78, 5) is 8.36. The maximum absolute atomic E-state index is 8.36. The Morgan fingerprint density at radius 3 is 2.11 bits per heavy atom. The summed E-state index contributed by atoms with van der Waals surface area (Å²) in [6.45, 7) is 0. The standard InChI is InChI=1S/C2H6N2O.HNO3/c1-5-2(3)4;2-1(3)4/h1H3,(H3,3,4);(H,2,3,4). The Kier molecular flexibility index (Phi) is 7.51. The lowest BCUT2D eigenvalue weighted by Crippen LogP contribution is -2.10. The second kappa shape index (κ2) is 6.47. The van der Waals surface area contributed by atoms with Gasteiger partial charge in [-0.25, -0.2) is 0 Å². The Morgan fingerprint density at radius 1 is 2.00 bits per heavy atom. The van der Waals surface area contributed by atoms with Gasteiger partial charge in [-0.3, -0.25) is 5.41 Å². The molecular formula is C2H7N3O4. The highest BCUT2D eigenvalue weighted by Gasteiger charge is 1.68. The Hall–Kier alpha value is -1.53. The maximum atomic E-state index is 8.36. The molecule has 54 valence electrons. The van der Waals surface area contributed by atoms with Crippen molar-refractivity contribution in [1.82, 2.24) is 0 Å². The predicted molar refractivity (Wildman–Crippen MR) is 27.7 cm³/mol. The van der Waals surface area contributed by atoms with Crippen LogP contribution in [-0.2, 0) is 4.74 Å². The predicted octanol–water partition coefficient (Wildman–Crippen LogP) is -0.821. The number of ether oxygens (including phenoxy) is 1. The zero-order chi connectivity index (χ0) is 7.86. The van der Waals surface area contributed by atoms with Gasteiger partial charge >= 0.3 is 0 Å². The smallest absolute Gasteiger partial charge is 0.291 e. The average molecular weight is 137 g/mol. The number of nitrogens with one attached hydrogen (secondary N) is 1. The molecule has 7 nitrogen and oxygen atoms in total. The van der Waals surface area contributed by atoms with E-state index >= 15 is 0 Å². The normalized spacial score (nSPS) is 6.33. The van der Waals surface area contributed by atoms with Crippen LogP contribution >= 0.6 is 0 Å². The molecule has 0 bridgehead atoms. The minimum Gasteiger partial charge on any atom is -0.469 e. The van der Waals surface area contributed by atoms with Crippen LogP contribution in [0.3, 0.4) is 0 Å². The second-order valence-electron chi connectivity index (χ2n) is 0.806. The largest absolute Gasteiger partial charge is 0.469 e. The fourth-order valence-electron chi connectivity index (χ4n) is 0. The fraction of sp³-hybridized carbons (Fsp3) is 0.500. The van der Waals surface area contributed by atoms with Crippen LogP contribution in [0.25, 0.3) is 0 Å². The van der Waals surface area contributed by atoms with Crippen molar-refractivity contribution in [2.75, 3.05) is 7.11 Å². The number of methoxy groups -OCH3 is 1. The number of rotatable bonds is 0. The molecule has 0 aliphatic rings. The van der Waals surface area contributed by atoms with E-state index in [-0.39, 0.29) is 6.02 Å². The van der Waals surface area contributed by atoms with E-state index in [1.54, 1.807) is 0 Å². The molecule has 0 saturated heterocycles. The van der Waals surface area contributed by atoms with E-state index in [0.29, 0.717) is 0 Å². The van der Waals surface area contributed by atoms with E-state index in [0.717, 1.165) is 0 Å². The van der Waals surface area contributed by atoms with Crippen LogP contribution in [0.4, 0.5) is 0 Å². The van der Waals surface area contributed by atoms with Gasteiger partial charge in [-0.1, -0.05) is 0 Å². The van der Waals surface area contributed by atoms with Crippen LogP contribution in [-0.4, -0.2) is 23.4 Å². The van der Waals surface area contributed by atoms with Crippen molar-refractivity contribution in [3.63, 3.8) is 0 Å². The van der Waals surface area contributed by atoms with Crippen molar-refractivity contribution in [3.8, 4) is 0 Å². The van der Waals surface area contributed by atoms with Gasteiger partial charge in [-0.2, -0.15) is 0 Å². The molecule has 4 N–H and O–H groups in total. The number of hydrogen-bond donors (Lipinski definition) is 3. The topological polar surface area (TPSA) is 122 Å². The van der Waals surface area contributed by atoms with Gasteiger partial charge in [0.1, 0.15) is 0 Å². The molecule has 0 aromatic heterocycles. The van der Waals surface area contributed by atoms with Crippen molar-refractivity contribution < 1.29 is 15.0 Å². The summed E-state index contributed by atoms with van der Waals surface area (Å²) in [5, 5.41) is 19.9. The quantitative estimate of drug-likeness (QED) is 0.174. The molecule has 0 spiro atoms. The average Bonchev–Trinajstić information content (AvgIpc) is 1.65. The first-order valence-electron chi connectivity index (χ1n) is 1.72. The minimum absolute atomic E-state index is 0.245. The van der Waals surface area contributed by atoms with Gasteiger partial charge in [0, 0.05) is 0 Å². The zero-order valence-corrected chi connectivity index (χ0v) is 4.70. The highest BCUT2D eigenvalue weighted by atomic mass is 16.9. The Labute approximate surface area is 50.7 Å². The lowest BCUT2D eigenvalue weighted by atomic mass is 11.2. The first-order valence-corrected chi connectivity index (χ1v) is 1.72. The van der Waals surface area contributed by atoms with E-state index in [2.05, 4.69) is 10.5 Å². The van der Waals surface area contributed by atoms with Crippen molar-refractivity contribution >= 4 is 6.02 Å². The Balaban J connectivity index is 0. The first-order chi connectivity index (χ1) is 4.00. The molecule has 0 aromatic carbocycles. The number of hydrogen-bond acceptors (Lipinski definition) is 4. The summed E-state index contributed by atoms with van der Waals surface area (Å²) in [6, 6.07) is -0.245. The van der Waals surface area contributed by atoms with Gasteiger partial charge < -0.3 is 15.7 Å². The van der Waals surface area contributed by atoms with Crippen LogP contribution in [0.1, 0.15) is 0 Å². The van der Waals surface area contributed by atoms with Gasteiger partial charge in [0.2, 0.25) is 0 Å². The summed E-state index contributed by atoms with van der Waals surface area (Å²) in [6.07, 6.45) is 0. The molecule has 0 aliphatic heterocycles. The molecule has 0 fully saturated rings. The van der Waals surface area contributed by atoms with Crippen molar-refractivity contribution in [2.24, 2.45) is 5.73 Å². The lowest BCUT2D eigenvalue weighted by Gasteiger charge is -1.85. The van der Waals surface area contributed by atoms with Crippen molar-refractivity contribution in [1.29, 1.82) is 5.41 Å². The van der Waals surface area contributed by atoms with E-state index in [1.807, 2.05) is 0 Å². The minimum atomic E-state index is -1.50. The van der Waals surface area contributed by atoms with Gasteiger partial charge in [-0.15, -0.1) is 10.1 Å². The fourth-order valence-corrected chi connectivity index (χ4v) is 0. The molecule has 0 heterocycles. The molecule has 0 rings (SSSR count). The van der Waals surface area contributed by atoms with E-state index < -0.39 is 5.09 Å². The third kappa shape index (κ3) is 585. The molecule has 9 heavy (non-hydrogen) atoms. The van der Waals surface area contributed by atoms with Gasteiger partial charge in [0.15, 0.2) is 0 Å². The third-order valence-corrected chi connectivity index (χ3v) is 0.220. The molecule has 0 saturated carbocycles. The van der Waals surface area contributed by atoms with Crippen molar-refractivity contribution in [3.05, 3.63) is 10.1 Å². The van der Waals surface area contributed by atoms with Gasteiger partial charge in [0.05, 0.1) is 7.11 Å². The molecule has 7 heteroatoms. The number of amidine groups is 1. The summed E-state index contributed by atoms with van der Waals surface area (Å²) >= 11 is 0. The van der Waals surface area contributed by atoms with Crippen LogP contribution < -0.4 is 5.73 Å². The molecule has 0 atom stereocenters. The van der Waals surface area contributed by atoms with Crippen molar-refractivity contribution in [2.45, 2.75) is 0 Å². The zero-order valence-electron chi connectivity index (χ0n) is 4.70. The van der Waals surface area contributed by atoms with E-state index in [1.165, 1.54) is 7.11 Å². The first kappa shape index (κ1) is 10.5. The molecule has 0 amide bonds. The lowest BCUT2D eigenvalue weighted by molar-refractivity contribution is -0.742. The summed E-state index contributed by atoms with van der Waals surface area (Å²) in [5.74, 6) is 0. The third-order valence-electron chi connectivity index (χ3n) is 0.220. The summed E-state index contributed by atoms with van der Waals surface area (Å²) in [7, 11) is 1.35. The van der Waals surface area contributed by atoms with Gasteiger partial charge in [-0.05, 0) is 0 Å². The van der Waals surface area contributed by atoms with E-state index in [4.69, 9.17) is 20.7 Å². The van der Waals surface area contributed by atoms with Crippen LogP contribution in [0.5, 0.6) is 0 Å². The monoisotopic (exact) mass is 137 g/mol. The second-order valence-corrected chi connectivity index (χ2v) is 0.806. The summed E-state index contributed by atoms with van der Waals surface area (Å²) in [5.41, 5.74) is 4.65. The molecule has 0 unspecified atom stereocenters. The SMILES string of the molecule is COC(=N)N.O=[N+]([O-])O. The molecular weight excluding hydrogens is 130 g/mol.